The van der Waals surface area contributed by atoms with E-state index in [9.17, 15) is 5.26 Å². The molecule has 0 spiro atoms. The van der Waals surface area contributed by atoms with Crippen molar-refractivity contribution in [1.29, 1.82) is 5.26 Å². The summed E-state index contributed by atoms with van der Waals surface area (Å²) in [6.07, 6.45) is 12.3. The van der Waals surface area contributed by atoms with Gasteiger partial charge in [0.2, 0.25) is 0 Å². The number of thiocarbonyl (C=S) groups is 1. The average molecular weight is 372 g/mol. The van der Waals surface area contributed by atoms with E-state index in [4.69, 9.17) is 12.2 Å². The molecule has 2 N–H and O–H groups in total. The first kappa shape index (κ1) is 17.4. The average Bonchev–Trinajstić information content (AvgIpc) is 3.31. The van der Waals surface area contributed by atoms with E-state index in [0.717, 1.165) is 23.2 Å². The van der Waals surface area contributed by atoms with Crippen molar-refractivity contribution in [3.05, 3.63) is 72.1 Å². The van der Waals surface area contributed by atoms with E-state index in [-0.39, 0.29) is 0 Å². The first-order valence-electron chi connectivity index (χ1n) is 9.09. The van der Waals surface area contributed by atoms with E-state index < -0.39 is 0 Å². The van der Waals surface area contributed by atoms with Crippen LogP contribution >= 0.6 is 12.2 Å². The summed E-state index contributed by atoms with van der Waals surface area (Å²) < 4.78 is 0. The quantitative estimate of drug-likeness (QED) is 0.473. The second-order valence-corrected chi connectivity index (χ2v) is 7.42. The summed E-state index contributed by atoms with van der Waals surface area (Å²) in [7, 11) is 0. The first-order chi connectivity index (χ1) is 13.2. The van der Waals surface area contributed by atoms with Crippen molar-refractivity contribution in [3.8, 4) is 6.07 Å². The number of rotatable bonds is 4. The van der Waals surface area contributed by atoms with Gasteiger partial charge in [0.05, 0.1) is 11.6 Å². The monoisotopic (exact) mass is 372 g/mol. The fourth-order valence-corrected chi connectivity index (χ4v) is 4.09. The van der Waals surface area contributed by atoms with Gasteiger partial charge in [0.1, 0.15) is 0 Å². The maximum Gasteiger partial charge on any atom is 0.171 e. The molecule has 2 aliphatic rings. The van der Waals surface area contributed by atoms with Crippen LogP contribution in [0, 0.1) is 23.2 Å². The van der Waals surface area contributed by atoms with Gasteiger partial charge in [-0.05, 0) is 78.4 Å². The van der Waals surface area contributed by atoms with Crippen LogP contribution in [-0.2, 0) is 0 Å². The summed E-state index contributed by atoms with van der Waals surface area (Å²) in [6, 6.07) is 14.2. The Balaban J connectivity index is 1.40. The van der Waals surface area contributed by atoms with E-state index >= 15 is 0 Å². The van der Waals surface area contributed by atoms with E-state index in [1.165, 1.54) is 6.42 Å². The Kier molecular flexibility index (Phi) is 4.99. The largest absolute Gasteiger partial charge is 0.359 e. The Morgan fingerprint density at radius 3 is 2.52 bits per heavy atom. The third kappa shape index (κ3) is 4.07. The molecule has 134 valence electrons. The summed E-state index contributed by atoms with van der Waals surface area (Å²) in [5, 5.41) is 16.8. The van der Waals surface area contributed by atoms with Gasteiger partial charge >= 0.3 is 0 Å². The van der Waals surface area contributed by atoms with Gasteiger partial charge in [-0.3, -0.25) is 4.98 Å². The minimum Gasteiger partial charge on any atom is -0.359 e. The Hall–Kier alpha value is -2.97. The molecule has 1 fully saturated rings. The normalized spacial score (nSPS) is 23.1. The molecule has 0 aliphatic heterocycles. The Morgan fingerprint density at radius 2 is 1.89 bits per heavy atom. The maximum absolute atomic E-state index is 9.48. The molecule has 5 heteroatoms. The van der Waals surface area contributed by atoms with Crippen molar-refractivity contribution in [2.24, 2.45) is 11.8 Å². The number of nitrogens with zero attached hydrogens (tertiary/aromatic N) is 2. The summed E-state index contributed by atoms with van der Waals surface area (Å²) in [5.74, 6) is 1.32. The molecule has 2 aromatic rings. The molecule has 4 rings (SSSR count). The highest BCUT2D eigenvalue weighted by Gasteiger charge is 2.35. The van der Waals surface area contributed by atoms with Crippen LogP contribution in [0.2, 0.25) is 0 Å². The highest BCUT2D eigenvalue weighted by molar-refractivity contribution is 7.80. The maximum atomic E-state index is 9.48. The predicted molar refractivity (Wildman–Crippen MR) is 113 cm³/mol. The van der Waals surface area contributed by atoms with Crippen LogP contribution in [0.3, 0.4) is 0 Å². The molecule has 3 atom stereocenters. The molecule has 2 bridgehead atoms. The number of benzene rings is 1. The predicted octanol–water partition coefficient (Wildman–Crippen LogP) is 4.40. The molecular formula is C22H20N4S. The van der Waals surface area contributed by atoms with Crippen molar-refractivity contribution in [1.82, 2.24) is 10.3 Å². The van der Waals surface area contributed by atoms with Crippen LogP contribution in [0.5, 0.6) is 0 Å². The zero-order chi connectivity index (χ0) is 18.6. The molecular weight excluding hydrogens is 352 g/mol. The molecule has 0 unspecified atom stereocenters. The number of anilines is 1. The van der Waals surface area contributed by atoms with Crippen LogP contribution in [0.25, 0.3) is 11.6 Å². The molecule has 0 radical (unpaired) electrons. The Bertz CT molecular complexity index is 925. The van der Waals surface area contributed by atoms with Crippen molar-refractivity contribution in [2.45, 2.75) is 18.9 Å². The Morgan fingerprint density at radius 1 is 1.11 bits per heavy atom. The van der Waals surface area contributed by atoms with Gasteiger partial charge in [-0.15, -0.1) is 0 Å². The van der Waals surface area contributed by atoms with Crippen LogP contribution in [0.1, 0.15) is 24.0 Å². The smallest absolute Gasteiger partial charge is 0.171 e. The zero-order valence-corrected chi connectivity index (χ0v) is 15.6. The molecule has 1 saturated carbocycles. The Labute approximate surface area is 164 Å². The van der Waals surface area contributed by atoms with Gasteiger partial charge in [0, 0.05) is 24.1 Å². The first-order valence-corrected chi connectivity index (χ1v) is 9.50. The number of pyridine rings is 1. The van der Waals surface area contributed by atoms with Crippen LogP contribution < -0.4 is 10.6 Å². The number of allylic oxidation sites excluding steroid dienone is 2. The number of aromatic nitrogens is 1. The standard InChI is InChI=1S/C22H20N4S/c23-14-19(11-15-7-9-24-10-8-15)17-3-5-20(6-4-17)25-22(27)26-21-13-16-1-2-18(21)12-16/h1-11,16,18,21H,12-13H2,(H2,25,26,27)/b19-11+/t16-,18+,21-/m0/s1. The minimum absolute atomic E-state index is 0.438. The van der Waals surface area contributed by atoms with Crippen LogP contribution in [0.4, 0.5) is 5.69 Å². The molecule has 1 aromatic heterocycles. The third-order valence-corrected chi connectivity index (χ3v) is 5.41. The van der Waals surface area contributed by atoms with Gasteiger partial charge in [0.15, 0.2) is 5.11 Å². The number of nitrogens with one attached hydrogen (secondary N) is 2. The van der Waals surface area contributed by atoms with Gasteiger partial charge in [0.25, 0.3) is 0 Å². The van der Waals surface area contributed by atoms with Crippen molar-refractivity contribution < 1.29 is 0 Å². The highest BCUT2D eigenvalue weighted by atomic mass is 32.1. The lowest BCUT2D eigenvalue weighted by Crippen LogP contribution is -2.40. The molecule has 2 aliphatic carbocycles. The summed E-state index contributed by atoms with van der Waals surface area (Å²) in [5.41, 5.74) is 3.35. The van der Waals surface area contributed by atoms with Crippen LogP contribution in [0.15, 0.2) is 60.9 Å². The van der Waals surface area contributed by atoms with E-state index in [2.05, 4.69) is 33.8 Å². The number of nitriles is 1. The number of hydrogen-bond donors (Lipinski definition) is 2. The van der Waals surface area contributed by atoms with E-state index in [0.29, 0.717) is 28.6 Å². The van der Waals surface area contributed by atoms with Crippen LogP contribution in [-0.4, -0.2) is 16.1 Å². The molecule has 4 nitrogen and oxygen atoms in total. The van der Waals surface area contributed by atoms with Gasteiger partial charge in [-0.25, -0.2) is 0 Å². The lowest BCUT2D eigenvalue weighted by Gasteiger charge is -2.22. The van der Waals surface area contributed by atoms with Crippen molar-refractivity contribution in [2.75, 3.05) is 5.32 Å². The van der Waals surface area contributed by atoms with E-state index in [1.807, 2.05) is 42.5 Å². The summed E-state index contributed by atoms with van der Waals surface area (Å²) in [6.45, 7) is 0. The zero-order valence-electron chi connectivity index (χ0n) is 14.8. The fourth-order valence-electron chi connectivity index (χ4n) is 3.82. The van der Waals surface area contributed by atoms with E-state index in [1.54, 1.807) is 12.4 Å². The third-order valence-electron chi connectivity index (χ3n) is 5.19. The minimum atomic E-state index is 0.438. The lowest BCUT2D eigenvalue weighted by molar-refractivity contribution is 0.526. The topological polar surface area (TPSA) is 60.7 Å². The van der Waals surface area contributed by atoms with Crippen molar-refractivity contribution >= 4 is 34.7 Å². The molecule has 0 amide bonds. The molecule has 27 heavy (non-hydrogen) atoms. The number of hydrogen-bond acceptors (Lipinski definition) is 3. The van der Waals surface area contributed by atoms with Gasteiger partial charge in [-0.1, -0.05) is 24.3 Å². The fraction of sp³-hybridized carbons (Fsp3) is 0.227. The lowest BCUT2D eigenvalue weighted by atomic mass is 10.0. The van der Waals surface area contributed by atoms with Gasteiger partial charge < -0.3 is 10.6 Å². The second-order valence-electron chi connectivity index (χ2n) is 7.01. The van der Waals surface area contributed by atoms with Crippen molar-refractivity contribution in [3.63, 3.8) is 0 Å². The van der Waals surface area contributed by atoms with Gasteiger partial charge in [-0.2, -0.15) is 5.26 Å². The molecule has 1 aromatic carbocycles. The molecule has 1 heterocycles. The molecule has 0 saturated heterocycles. The summed E-state index contributed by atoms with van der Waals surface area (Å²) >= 11 is 5.47. The second kappa shape index (κ2) is 7.73. The summed E-state index contributed by atoms with van der Waals surface area (Å²) in [4.78, 5) is 4.00. The number of fused-ring (bicyclic) bond motifs is 2. The SMILES string of the molecule is N#C/C(=C\c1ccncc1)c1ccc(NC(=S)N[C@H]2C[C@H]3C=C[C@@H]2C3)cc1. The highest BCUT2D eigenvalue weighted by Crippen LogP contribution is 2.38.